The molecule has 4 nitrogen and oxygen atoms in total. The van der Waals surface area contributed by atoms with Crippen LogP contribution in [0.5, 0.6) is 0 Å². The molecule has 0 fully saturated rings. The molecular weight excluding hydrogens is 468 g/mol. The smallest absolute Gasteiger partial charge is 0.357 e. The number of rotatable bonds is 2. The lowest BCUT2D eigenvalue weighted by Crippen LogP contribution is -2.45. The number of alkyl halides is 3. The number of thiophene rings is 1. The minimum absolute atomic E-state index is 0.0401. The van der Waals surface area contributed by atoms with Crippen molar-refractivity contribution in [1.82, 2.24) is 0 Å². The molecule has 0 saturated heterocycles. The minimum atomic E-state index is -5.14. The van der Waals surface area contributed by atoms with Gasteiger partial charge in [0.1, 0.15) is 11.9 Å². The van der Waals surface area contributed by atoms with Crippen molar-refractivity contribution in [2.45, 2.75) is 31.0 Å². The Balaban J connectivity index is 1.70. The summed E-state index contributed by atoms with van der Waals surface area (Å²) in [6.45, 7) is 0. The van der Waals surface area contributed by atoms with Crippen LogP contribution >= 0.6 is 11.3 Å². The SMILES string of the molecule is O=C1CC(c2ccc(F)cc2)CC2=C1C(c1cccs1)N(C(=O)C(F)(F)F)c1ccccc1N2. The molecule has 34 heavy (non-hydrogen) atoms. The monoisotopic (exact) mass is 486 g/mol. The van der Waals surface area contributed by atoms with Crippen LogP contribution < -0.4 is 10.2 Å². The Bertz CT molecular complexity index is 1280. The summed E-state index contributed by atoms with van der Waals surface area (Å²) in [5.74, 6) is -3.07. The van der Waals surface area contributed by atoms with E-state index in [-0.39, 0.29) is 29.4 Å². The van der Waals surface area contributed by atoms with Gasteiger partial charge in [0.05, 0.1) is 11.4 Å². The second-order valence-corrected chi connectivity index (χ2v) is 9.18. The van der Waals surface area contributed by atoms with E-state index in [9.17, 15) is 27.2 Å². The van der Waals surface area contributed by atoms with Crippen LogP contribution in [0, 0.1) is 5.82 Å². The van der Waals surface area contributed by atoms with Crippen LogP contribution in [0.4, 0.5) is 28.9 Å². The van der Waals surface area contributed by atoms with Gasteiger partial charge >= 0.3 is 12.1 Å². The number of hydrogen-bond donors (Lipinski definition) is 1. The average Bonchev–Trinajstić information content (AvgIpc) is 3.28. The summed E-state index contributed by atoms with van der Waals surface area (Å²) in [5, 5.41) is 4.86. The molecule has 174 valence electrons. The first-order valence-corrected chi connectivity index (χ1v) is 11.4. The summed E-state index contributed by atoms with van der Waals surface area (Å²) in [6.07, 6.45) is -4.77. The highest BCUT2D eigenvalue weighted by Gasteiger charge is 2.50. The second-order valence-electron chi connectivity index (χ2n) is 8.21. The maximum absolute atomic E-state index is 13.8. The fourth-order valence-electron chi connectivity index (χ4n) is 4.64. The van der Waals surface area contributed by atoms with E-state index in [4.69, 9.17) is 0 Å². The van der Waals surface area contributed by atoms with Crippen LogP contribution in [0.1, 0.15) is 35.2 Å². The molecule has 3 aromatic rings. The minimum Gasteiger partial charge on any atom is -0.357 e. The topological polar surface area (TPSA) is 49.4 Å². The zero-order valence-electron chi connectivity index (χ0n) is 17.6. The fraction of sp³-hybridized carbons (Fsp3) is 0.200. The van der Waals surface area contributed by atoms with Gasteiger partial charge in [-0.1, -0.05) is 30.3 Å². The van der Waals surface area contributed by atoms with Crippen LogP contribution in [0.15, 0.2) is 77.3 Å². The lowest BCUT2D eigenvalue weighted by molar-refractivity contribution is -0.170. The summed E-state index contributed by atoms with van der Waals surface area (Å²) in [5.41, 5.74) is 1.73. The van der Waals surface area contributed by atoms with Gasteiger partial charge < -0.3 is 5.32 Å². The van der Waals surface area contributed by atoms with Gasteiger partial charge in [-0.2, -0.15) is 13.2 Å². The van der Waals surface area contributed by atoms with Gasteiger partial charge in [0.15, 0.2) is 5.78 Å². The summed E-state index contributed by atoms with van der Waals surface area (Å²) in [7, 11) is 0. The van der Waals surface area contributed by atoms with Crippen molar-refractivity contribution in [3.8, 4) is 0 Å². The third-order valence-electron chi connectivity index (χ3n) is 6.10. The van der Waals surface area contributed by atoms with Gasteiger partial charge in [-0.25, -0.2) is 4.39 Å². The Kier molecular flexibility index (Phi) is 5.51. The standard InChI is InChI=1S/C25H18F4N2O2S/c26-16-9-7-14(8-10-16)15-12-18-22(20(32)13-15)23(21-6-3-11-34-21)31(24(33)25(27,28)29)19-5-2-1-4-17(19)30-18/h1-11,15,23,30H,12-13H2. The average molecular weight is 486 g/mol. The van der Waals surface area contributed by atoms with E-state index in [2.05, 4.69) is 5.32 Å². The number of halogens is 4. The van der Waals surface area contributed by atoms with Crippen LogP contribution in [0.25, 0.3) is 0 Å². The van der Waals surface area contributed by atoms with E-state index in [0.29, 0.717) is 27.6 Å². The maximum Gasteiger partial charge on any atom is 0.471 e. The first-order chi connectivity index (χ1) is 16.2. The first kappa shape index (κ1) is 22.3. The fourth-order valence-corrected chi connectivity index (χ4v) is 5.46. The highest BCUT2D eigenvalue weighted by atomic mass is 32.1. The summed E-state index contributed by atoms with van der Waals surface area (Å²) in [6, 6.07) is 14.2. The number of amides is 1. The van der Waals surface area contributed by atoms with Crippen molar-refractivity contribution in [3.63, 3.8) is 0 Å². The number of fused-ring (bicyclic) bond motifs is 1. The molecule has 1 N–H and O–H groups in total. The van der Waals surface area contributed by atoms with Crippen molar-refractivity contribution in [3.05, 3.63) is 93.6 Å². The number of ketones is 1. The Hall–Kier alpha value is -3.46. The van der Waals surface area contributed by atoms with Crippen molar-refractivity contribution in [2.75, 3.05) is 10.2 Å². The van der Waals surface area contributed by atoms with E-state index in [1.54, 1.807) is 47.8 Å². The molecule has 2 aromatic carbocycles. The lowest BCUT2D eigenvalue weighted by atomic mass is 9.79. The molecule has 1 amide bonds. The molecule has 9 heteroatoms. The van der Waals surface area contributed by atoms with Gasteiger partial charge in [-0.05, 0) is 53.6 Å². The third kappa shape index (κ3) is 3.90. The van der Waals surface area contributed by atoms with Gasteiger partial charge in [0.2, 0.25) is 0 Å². The first-order valence-electron chi connectivity index (χ1n) is 10.6. The molecule has 5 rings (SSSR count). The van der Waals surface area contributed by atoms with Crippen molar-refractivity contribution in [2.24, 2.45) is 0 Å². The Labute approximate surface area is 196 Å². The molecule has 2 atom stereocenters. The highest BCUT2D eigenvalue weighted by molar-refractivity contribution is 7.10. The summed E-state index contributed by atoms with van der Waals surface area (Å²) >= 11 is 1.18. The number of allylic oxidation sites excluding steroid dienone is 1. The maximum atomic E-state index is 13.8. The van der Waals surface area contributed by atoms with E-state index in [1.165, 1.54) is 29.5 Å². The van der Waals surface area contributed by atoms with E-state index in [1.807, 2.05) is 0 Å². The molecule has 0 bridgehead atoms. The van der Waals surface area contributed by atoms with E-state index < -0.39 is 23.9 Å². The molecule has 1 aliphatic carbocycles. The van der Waals surface area contributed by atoms with Crippen molar-refractivity contribution < 1.29 is 27.2 Å². The largest absolute Gasteiger partial charge is 0.471 e. The normalized spacial score (nSPS) is 20.4. The van der Waals surface area contributed by atoms with E-state index >= 15 is 0 Å². The Morgan fingerprint density at radius 2 is 1.74 bits per heavy atom. The second kappa shape index (κ2) is 8.39. The van der Waals surface area contributed by atoms with Crippen molar-refractivity contribution in [1.29, 1.82) is 0 Å². The van der Waals surface area contributed by atoms with Gasteiger partial charge in [-0.3, -0.25) is 14.5 Å². The molecule has 1 aromatic heterocycles. The number of benzene rings is 2. The number of nitrogens with one attached hydrogen (secondary N) is 1. The third-order valence-corrected chi connectivity index (χ3v) is 7.03. The zero-order valence-corrected chi connectivity index (χ0v) is 18.4. The van der Waals surface area contributed by atoms with Gasteiger partial charge in [-0.15, -0.1) is 11.3 Å². The number of Topliss-reactive ketones (excluding diaryl/α,β-unsaturated/α-hetero) is 1. The zero-order chi connectivity index (χ0) is 24.0. The number of carbonyl (C=O) groups excluding carboxylic acids is 2. The molecule has 1 aliphatic heterocycles. The predicted octanol–water partition coefficient (Wildman–Crippen LogP) is 6.35. The summed E-state index contributed by atoms with van der Waals surface area (Å²) < 4.78 is 54.7. The predicted molar refractivity (Wildman–Crippen MR) is 121 cm³/mol. The number of para-hydroxylation sites is 2. The lowest BCUT2D eigenvalue weighted by Gasteiger charge is -2.34. The van der Waals surface area contributed by atoms with Crippen LogP contribution in [0.2, 0.25) is 0 Å². The van der Waals surface area contributed by atoms with E-state index in [0.717, 1.165) is 5.56 Å². The number of hydrogen-bond acceptors (Lipinski definition) is 4. The number of carbonyl (C=O) groups is 2. The van der Waals surface area contributed by atoms with Crippen LogP contribution in [-0.2, 0) is 9.59 Å². The van der Waals surface area contributed by atoms with Crippen molar-refractivity contribution >= 4 is 34.4 Å². The molecule has 2 unspecified atom stereocenters. The summed E-state index contributed by atoms with van der Waals surface area (Å²) in [4.78, 5) is 27.4. The Morgan fingerprint density at radius 1 is 1.00 bits per heavy atom. The molecule has 0 saturated carbocycles. The number of anilines is 2. The van der Waals surface area contributed by atoms with Crippen LogP contribution in [0.3, 0.4) is 0 Å². The Morgan fingerprint density at radius 3 is 2.41 bits per heavy atom. The molecule has 0 spiro atoms. The molecule has 2 heterocycles. The highest BCUT2D eigenvalue weighted by Crippen LogP contribution is 2.49. The number of nitrogens with zero attached hydrogens (tertiary/aromatic N) is 1. The molecule has 2 aliphatic rings. The quantitative estimate of drug-likeness (QED) is 0.430. The van der Waals surface area contributed by atoms with Crippen LogP contribution in [-0.4, -0.2) is 17.9 Å². The molecular formula is C25H18F4N2O2S. The molecule has 0 radical (unpaired) electrons. The van der Waals surface area contributed by atoms with Gasteiger partial charge in [0, 0.05) is 22.6 Å². The van der Waals surface area contributed by atoms with Gasteiger partial charge in [0.25, 0.3) is 0 Å².